The van der Waals surface area contributed by atoms with Gasteiger partial charge in [-0.3, -0.25) is 10.6 Å². The van der Waals surface area contributed by atoms with Gasteiger partial charge < -0.3 is 21.3 Å². The maximum Gasteiger partial charge on any atom is 0.317 e. The van der Waals surface area contributed by atoms with Crippen LogP contribution in [0.15, 0.2) is 0 Å². The molecule has 0 saturated carbocycles. The van der Waals surface area contributed by atoms with Gasteiger partial charge in [-0.15, -0.1) is 0 Å². The monoisotopic (exact) mass is 198 g/mol. The van der Waals surface area contributed by atoms with Crippen molar-refractivity contribution in [3.8, 4) is 0 Å². The van der Waals surface area contributed by atoms with Crippen molar-refractivity contribution in [1.82, 2.24) is 31.9 Å². The van der Waals surface area contributed by atoms with Gasteiger partial charge in [0.2, 0.25) is 0 Å². The summed E-state index contributed by atoms with van der Waals surface area (Å²) in [4.78, 5) is 22.0. The van der Waals surface area contributed by atoms with E-state index < -0.39 is 0 Å². The zero-order valence-electron chi connectivity index (χ0n) is 7.13. The highest BCUT2D eigenvalue weighted by atomic mass is 16.2. The third-order valence-electron chi connectivity index (χ3n) is 2.53. The van der Waals surface area contributed by atoms with Crippen molar-refractivity contribution < 1.29 is 9.59 Å². The summed E-state index contributed by atoms with van der Waals surface area (Å²) in [6, 6.07) is -0.433. The Balaban J connectivity index is 1.77. The Morgan fingerprint density at radius 1 is 0.643 bits per heavy atom. The zero-order chi connectivity index (χ0) is 9.71. The van der Waals surface area contributed by atoms with Gasteiger partial charge in [-0.05, 0) is 0 Å². The van der Waals surface area contributed by atoms with Gasteiger partial charge in [0.25, 0.3) is 0 Å². The normalized spacial score (nSPS) is 44.3. The molecule has 0 aromatic rings. The Kier molecular flexibility index (Phi) is 1.39. The van der Waals surface area contributed by atoms with E-state index in [1.54, 1.807) is 0 Å². The first-order valence-corrected chi connectivity index (χ1v) is 4.38. The smallest absolute Gasteiger partial charge is 0.317 e. The van der Waals surface area contributed by atoms with E-state index in [9.17, 15) is 9.59 Å². The highest BCUT2D eigenvalue weighted by molar-refractivity contribution is 5.79. The lowest BCUT2D eigenvalue weighted by molar-refractivity contribution is 0.207. The molecule has 8 nitrogen and oxygen atoms in total. The van der Waals surface area contributed by atoms with Crippen LogP contribution in [0.2, 0.25) is 0 Å². The molecule has 4 amide bonds. The summed E-state index contributed by atoms with van der Waals surface area (Å²) in [5, 5.41) is 16.9. The van der Waals surface area contributed by atoms with Crippen LogP contribution >= 0.6 is 0 Å². The molecule has 0 bridgehead atoms. The molecule has 3 heterocycles. The molecule has 3 saturated heterocycles. The molecule has 3 fully saturated rings. The number of nitrogens with one attached hydrogen (secondary N) is 6. The molecule has 4 atom stereocenters. The van der Waals surface area contributed by atoms with E-state index in [2.05, 4.69) is 31.9 Å². The van der Waals surface area contributed by atoms with Crippen LogP contribution in [0.3, 0.4) is 0 Å². The van der Waals surface area contributed by atoms with Crippen LogP contribution in [0, 0.1) is 0 Å². The van der Waals surface area contributed by atoms with E-state index in [-0.39, 0.29) is 36.7 Å². The average molecular weight is 198 g/mol. The number of hydrogen-bond donors (Lipinski definition) is 6. The molecule has 3 aliphatic rings. The van der Waals surface area contributed by atoms with Crippen molar-refractivity contribution in [1.29, 1.82) is 0 Å². The Morgan fingerprint density at radius 3 is 1.21 bits per heavy atom. The van der Waals surface area contributed by atoms with Crippen molar-refractivity contribution in [2.75, 3.05) is 0 Å². The summed E-state index contributed by atoms with van der Waals surface area (Å²) in [5.41, 5.74) is 0. The maximum atomic E-state index is 11.0. The predicted octanol–water partition coefficient (Wildman–Crippen LogP) is -2.89. The van der Waals surface area contributed by atoms with Crippen molar-refractivity contribution in [3.63, 3.8) is 0 Å². The number of fused-ring (bicyclic) bond motifs is 2. The molecule has 3 aliphatic heterocycles. The molecule has 0 spiro atoms. The molecular weight excluding hydrogens is 188 g/mol. The van der Waals surface area contributed by atoms with Gasteiger partial charge in [0.1, 0.15) is 24.7 Å². The number of carbonyl (C=O) groups is 2. The minimum atomic E-state index is -0.216. The van der Waals surface area contributed by atoms with Crippen LogP contribution < -0.4 is 31.9 Å². The fourth-order valence-electron chi connectivity index (χ4n) is 1.92. The van der Waals surface area contributed by atoms with Gasteiger partial charge in [-0.2, -0.15) is 0 Å². The zero-order valence-corrected chi connectivity index (χ0v) is 7.13. The topological polar surface area (TPSA) is 106 Å². The molecule has 6 N–H and O–H groups in total. The van der Waals surface area contributed by atoms with Gasteiger partial charge in [-0.1, -0.05) is 0 Å². The fourth-order valence-corrected chi connectivity index (χ4v) is 1.92. The average Bonchev–Trinajstić information content (AvgIpc) is 2.59. The number of rotatable bonds is 0. The minimum Gasteiger partial charge on any atom is -0.319 e. The summed E-state index contributed by atoms with van der Waals surface area (Å²) < 4.78 is 0. The fraction of sp³-hybridized carbons (Fsp3) is 0.667. The van der Waals surface area contributed by atoms with E-state index in [1.807, 2.05) is 0 Å². The quantitative estimate of drug-likeness (QED) is 0.251. The number of carbonyl (C=O) groups excluding carboxylic acids is 2. The van der Waals surface area contributed by atoms with E-state index in [0.29, 0.717) is 0 Å². The molecular formula is C6H10N6O2. The number of hydrogen-bond acceptors (Lipinski definition) is 4. The molecule has 0 aliphatic carbocycles. The third kappa shape index (κ3) is 1.01. The summed E-state index contributed by atoms with van der Waals surface area (Å²) in [6.45, 7) is 0. The lowest BCUT2D eigenvalue weighted by Gasteiger charge is -2.34. The van der Waals surface area contributed by atoms with Crippen LogP contribution in [-0.4, -0.2) is 36.7 Å². The van der Waals surface area contributed by atoms with Crippen molar-refractivity contribution in [2.24, 2.45) is 0 Å². The van der Waals surface area contributed by atoms with Crippen molar-refractivity contribution >= 4 is 12.1 Å². The van der Waals surface area contributed by atoms with E-state index >= 15 is 0 Å². The molecule has 0 aromatic heterocycles. The van der Waals surface area contributed by atoms with Crippen LogP contribution in [-0.2, 0) is 0 Å². The van der Waals surface area contributed by atoms with E-state index in [4.69, 9.17) is 0 Å². The van der Waals surface area contributed by atoms with Gasteiger partial charge in [0.15, 0.2) is 0 Å². The SMILES string of the molecule is O=C1N[C@@H]2N[C@H]3NC(=O)N[C@@H]3N[C@H]2N1. The molecule has 76 valence electrons. The Morgan fingerprint density at radius 2 is 0.929 bits per heavy atom. The molecule has 14 heavy (non-hydrogen) atoms. The highest BCUT2D eigenvalue weighted by Crippen LogP contribution is 2.08. The standard InChI is InChI=1S/C6H10N6O2/c13-5-9-1-2(10-5)8-4-3(7-1)11-6(14)12-4/h1-4,7-8H,(H2,9,10,13)(H2,11,12,14)/t1-,2-,3-,4-/m0/s1. The molecule has 0 aromatic carbocycles. The van der Waals surface area contributed by atoms with Gasteiger partial charge >= 0.3 is 12.1 Å². The number of urea groups is 2. The van der Waals surface area contributed by atoms with Gasteiger partial charge in [0, 0.05) is 0 Å². The first-order chi connectivity index (χ1) is 6.72. The van der Waals surface area contributed by atoms with E-state index in [0.717, 1.165) is 0 Å². The van der Waals surface area contributed by atoms with Crippen molar-refractivity contribution in [3.05, 3.63) is 0 Å². The summed E-state index contributed by atoms with van der Waals surface area (Å²) in [5.74, 6) is 0. The van der Waals surface area contributed by atoms with Crippen LogP contribution in [0.4, 0.5) is 9.59 Å². The highest BCUT2D eigenvalue weighted by Gasteiger charge is 2.45. The largest absolute Gasteiger partial charge is 0.319 e. The van der Waals surface area contributed by atoms with Crippen molar-refractivity contribution in [2.45, 2.75) is 24.7 Å². The van der Waals surface area contributed by atoms with Crippen LogP contribution in [0.25, 0.3) is 0 Å². The summed E-state index contributed by atoms with van der Waals surface area (Å²) >= 11 is 0. The number of piperazine rings is 1. The van der Waals surface area contributed by atoms with Gasteiger partial charge in [-0.25, -0.2) is 9.59 Å². The molecule has 0 unspecified atom stereocenters. The van der Waals surface area contributed by atoms with Gasteiger partial charge in [0.05, 0.1) is 0 Å². The Bertz CT molecular complexity index is 253. The molecule has 3 rings (SSSR count). The molecule has 0 radical (unpaired) electrons. The second kappa shape index (κ2) is 2.49. The summed E-state index contributed by atoms with van der Waals surface area (Å²) in [6.07, 6.45) is -0.763. The Hall–Kier alpha value is -1.54. The number of amides is 4. The first-order valence-electron chi connectivity index (χ1n) is 4.38. The molecule has 8 heteroatoms. The predicted molar refractivity (Wildman–Crippen MR) is 44.8 cm³/mol. The minimum absolute atomic E-state index is 0.191. The lowest BCUT2D eigenvalue weighted by Crippen LogP contribution is -2.71. The second-order valence-electron chi connectivity index (χ2n) is 3.48. The second-order valence-corrected chi connectivity index (χ2v) is 3.48. The maximum absolute atomic E-state index is 11.0. The van der Waals surface area contributed by atoms with Crippen LogP contribution in [0.5, 0.6) is 0 Å². The van der Waals surface area contributed by atoms with Crippen LogP contribution in [0.1, 0.15) is 0 Å². The van der Waals surface area contributed by atoms with E-state index in [1.165, 1.54) is 0 Å². The third-order valence-corrected chi connectivity index (χ3v) is 2.53. The summed E-state index contributed by atoms with van der Waals surface area (Å²) in [7, 11) is 0. The lowest BCUT2D eigenvalue weighted by atomic mass is 10.2. The first kappa shape index (κ1) is 7.83. The Labute approximate surface area is 79.2 Å².